The third-order valence-corrected chi connectivity index (χ3v) is 8.25. The summed E-state index contributed by atoms with van der Waals surface area (Å²) in [5.74, 6) is -0.789. The van der Waals surface area contributed by atoms with Gasteiger partial charge in [0.2, 0.25) is 11.8 Å². The fourth-order valence-corrected chi connectivity index (χ4v) is 5.34. The molecule has 2 amide bonds. The maximum absolute atomic E-state index is 14.2. The van der Waals surface area contributed by atoms with Gasteiger partial charge in [0.1, 0.15) is 12.6 Å². The van der Waals surface area contributed by atoms with Gasteiger partial charge >= 0.3 is 10.2 Å². The van der Waals surface area contributed by atoms with E-state index in [2.05, 4.69) is 5.32 Å². The zero-order valence-electron chi connectivity index (χ0n) is 24.2. The number of carbonyl (C=O) groups excluding carboxylic acids is 2. The molecule has 0 aliphatic heterocycles. The summed E-state index contributed by atoms with van der Waals surface area (Å²) in [7, 11) is -1.16. The van der Waals surface area contributed by atoms with Crippen LogP contribution in [0.1, 0.15) is 37.5 Å². The molecule has 1 unspecified atom stereocenters. The van der Waals surface area contributed by atoms with Crippen LogP contribution < -0.4 is 9.62 Å². The quantitative estimate of drug-likeness (QED) is 0.379. The van der Waals surface area contributed by atoms with Gasteiger partial charge < -0.3 is 10.2 Å². The average Bonchev–Trinajstić information content (AvgIpc) is 2.90. The van der Waals surface area contributed by atoms with E-state index in [9.17, 15) is 18.0 Å². The Morgan fingerprint density at radius 2 is 1.40 bits per heavy atom. The van der Waals surface area contributed by atoms with Gasteiger partial charge in [0.25, 0.3) is 0 Å². The largest absolute Gasteiger partial charge is 0.350 e. The standard InChI is InChI=1S/C31H40N4O4S/c1-24-15-13-14-18-26(24)22-34(28(30(37)32-31(2,3)4)21-25-16-9-7-10-17-25)29(36)23-35(40(38,39)33(5)6)27-19-11-8-12-20-27/h7-20,28H,21-23H2,1-6H3,(H,32,37). The van der Waals surface area contributed by atoms with E-state index in [0.29, 0.717) is 5.69 Å². The van der Waals surface area contributed by atoms with Crippen molar-refractivity contribution < 1.29 is 18.0 Å². The molecular formula is C31H40N4O4S. The first-order valence-electron chi connectivity index (χ1n) is 13.2. The molecule has 0 aliphatic rings. The summed E-state index contributed by atoms with van der Waals surface area (Å²) in [6.07, 6.45) is 0.270. The van der Waals surface area contributed by atoms with E-state index in [1.54, 1.807) is 30.3 Å². The number of amides is 2. The van der Waals surface area contributed by atoms with Crippen LogP contribution in [0.3, 0.4) is 0 Å². The van der Waals surface area contributed by atoms with Gasteiger partial charge in [0.15, 0.2) is 0 Å². The zero-order valence-corrected chi connectivity index (χ0v) is 25.0. The average molecular weight is 565 g/mol. The molecule has 0 saturated carbocycles. The van der Waals surface area contributed by atoms with E-state index in [4.69, 9.17) is 0 Å². The minimum atomic E-state index is -4.02. The molecule has 0 aliphatic carbocycles. The van der Waals surface area contributed by atoms with Crippen LogP contribution in [0.15, 0.2) is 84.9 Å². The Kier molecular flexibility index (Phi) is 10.1. The van der Waals surface area contributed by atoms with Crippen molar-refractivity contribution in [2.45, 2.75) is 52.2 Å². The van der Waals surface area contributed by atoms with E-state index in [1.165, 1.54) is 19.0 Å². The number of para-hydroxylation sites is 1. The third-order valence-electron chi connectivity index (χ3n) is 6.43. The molecule has 40 heavy (non-hydrogen) atoms. The summed E-state index contributed by atoms with van der Waals surface area (Å²) in [6, 6.07) is 24.8. The SMILES string of the molecule is Cc1ccccc1CN(C(=O)CN(c1ccccc1)S(=O)(=O)N(C)C)C(Cc1ccccc1)C(=O)NC(C)(C)C. The monoisotopic (exact) mass is 564 g/mol. The van der Waals surface area contributed by atoms with Crippen LogP contribution >= 0.6 is 0 Å². The normalized spacial score (nSPS) is 12.6. The molecule has 0 fully saturated rings. The lowest BCUT2D eigenvalue weighted by Gasteiger charge is -2.36. The van der Waals surface area contributed by atoms with Crippen LogP contribution in [0.5, 0.6) is 0 Å². The molecule has 214 valence electrons. The summed E-state index contributed by atoms with van der Waals surface area (Å²) >= 11 is 0. The second-order valence-electron chi connectivity index (χ2n) is 11.0. The fourth-order valence-electron chi connectivity index (χ4n) is 4.29. The van der Waals surface area contributed by atoms with Crippen LogP contribution in [-0.2, 0) is 32.8 Å². The van der Waals surface area contributed by atoms with Crippen molar-refractivity contribution >= 4 is 27.7 Å². The number of aryl methyl sites for hydroxylation is 1. The van der Waals surface area contributed by atoms with Gasteiger partial charge in [-0.1, -0.05) is 72.8 Å². The van der Waals surface area contributed by atoms with Crippen molar-refractivity contribution in [3.8, 4) is 0 Å². The van der Waals surface area contributed by atoms with Crippen molar-refractivity contribution in [2.75, 3.05) is 24.9 Å². The number of nitrogens with zero attached hydrogens (tertiary/aromatic N) is 3. The van der Waals surface area contributed by atoms with Gasteiger partial charge in [0, 0.05) is 32.6 Å². The Morgan fingerprint density at radius 1 is 0.850 bits per heavy atom. The molecule has 0 saturated heterocycles. The second kappa shape index (κ2) is 13.1. The first kappa shape index (κ1) is 30.8. The van der Waals surface area contributed by atoms with E-state index in [-0.39, 0.29) is 18.9 Å². The second-order valence-corrected chi connectivity index (χ2v) is 13.1. The van der Waals surface area contributed by atoms with Gasteiger partial charge in [-0.15, -0.1) is 0 Å². The summed E-state index contributed by atoms with van der Waals surface area (Å²) in [4.78, 5) is 29.5. The molecule has 0 radical (unpaired) electrons. The smallest absolute Gasteiger partial charge is 0.304 e. The topological polar surface area (TPSA) is 90.0 Å². The van der Waals surface area contributed by atoms with E-state index >= 15 is 0 Å². The van der Waals surface area contributed by atoms with Crippen molar-refractivity contribution in [3.05, 3.63) is 102 Å². The van der Waals surface area contributed by atoms with Crippen LogP contribution in [-0.4, -0.2) is 61.7 Å². The van der Waals surface area contributed by atoms with Crippen molar-refractivity contribution in [1.29, 1.82) is 0 Å². The predicted octanol–water partition coefficient (Wildman–Crippen LogP) is 4.16. The Balaban J connectivity index is 2.11. The Hall–Kier alpha value is -3.69. The Morgan fingerprint density at radius 3 is 1.95 bits per heavy atom. The van der Waals surface area contributed by atoms with Crippen LogP contribution in [0.2, 0.25) is 0 Å². The number of hydrogen-bond donors (Lipinski definition) is 1. The highest BCUT2D eigenvalue weighted by molar-refractivity contribution is 7.90. The zero-order chi connectivity index (χ0) is 29.5. The maximum atomic E-state index is 14.2. The number of hydrogen-bond acceptors (Lipinski definition) is 4. The number of benzene rings is 3. The molecular weight excluding hydrogens is 524 g/mol. The number of rotatable bonds is 11. The highest BCUT2D eigenvalue weighted by Crippen LogP contribution is 2.22. The lowest BCUT2D eigenvalue weighted by molar-refractivity contribution is -0.140. The molecule has 1 N–H and O–H groups in total. The summed E-state index contributed by atoms with van der Waals surface area (Å²) in [5, 5.41) is 3.04. The molecule has 0 bridgehead atoms. The predicted molar refractivity (Wildman–Crippen MR) is 160 cm³/mol. The summed E-state index contributed by atoms with van der Waals surface area (Å²) in [5.41, 5.74) is 2.56. The van der Waals surface area contributed by atoms with Gasteiger partial charge in [-0.05, 0) is 56.5 Å². The van der Waals surface area contributed by atoms with Gasteiger partial charge in [0.05, 0.1) is 5.69 Å². The summed E-state index contributed by atoms with van der Waals surface area (Å²) in [6.45, 7) is 7.29. The molecule has 9 heteroatoms. The van der Waals surface area contributed by atoms with E-state index in [0.717, 1.165) is 25.3 Å². The summed E-state index contributed by atoms with van der Waals surface area (Å²) < 4.78 is 28.9. The van der Waals surface area contributed by atoms with Crippen molar-refractivity contribution in [2.24, 2.45) is 0 Å². The van der Waals surface area contributed by atoms with Gasteiger partial charge in [-0.25, -0.2) is 4.31 Å². The van der Waals surface area contributed by atoms with E-state index in [1.807, 2.05) is 82.3 Å². The number of anilines is 1. The molecule has 0 spiro atoms. The molecule has 0 aromatic heterocycles. The molecule has 8 nitrogen and oxygen atoms in total. The molecule has 1 atom stereocenters. The van der Waals surface area contributed by atoms with Crippen molar-refractivity contribution in [1.82, 2.24) is 14.5 Å². The molecule has 0 heterocycles. The van der Waals surface area contributed by atoms with Crippen LogP contribution in [0, 0.1) is 6.92 Å². The molecule has 3 rings (SSSR count). The molecule has 3 aromatic rings. The highest BCUT2D eigenvalue weighted by atomic mass is 32.2. The lowest BCUT2D eigenvalue weighted by atomic mass is 10.00. The maximum Gasteiger partial charge on any atom is 0.304 e. The highest BCUT2D eigenvalue weighted by Gasteiger charge is 2.35. The first-order valence-corrected chi connectivity index (χ1v) is 14.6. The number of nitrogens with one attached hydrogen (secondary N) is 1. The number of carbonyl (C=O) groups is 2. The van der Waals surface area contributed by atoms with Gasteiger partial charge in [-0.2, -0.15) is 12.7 Å². The van der Waals surface area contributed by atoms with Crippen LogP contribution in [0.25, 0.3) is 0 Å². The first-order chi connectivity index (χ1) is 18.8. The minimum Gasteiger partial charge on any atom is -0.350 e. The van der Waals surface area contributed by atoms with Gasteiger partial charge in [-0.3, -0.25) is 9.59 Å². The van der Waals surface area contributed by atoms with E-state index < -0.39 is 34.2 Å². The Labute approximate surface area is 238 Å². The molecule has 3 aromatic carbocycles. The van der Waals surface area contributed by atoms with Crippen LogP contribution in [0.4, 0.5) is 5.69 Å². The Bertz CT molecular complexity index is 1390. The minimum absolute atomic E-state index is 0.144. The lowest BCUT2D eigenvalue weighted by Crippen LogP contribution is -2.56. The third kappa shape index (κ3) is 8.16. The van der Waals surface area contributed by atoms with Crippen molar-refractivity contribution in [3.63, 3.8) is 0 Å². The fraction of sp³-hybridized carbons (Fsp3) is 0.355.